The summed E-state index contributed by atoms with van der Waals surface area (Å²) in [5.41, 5.74) is 8.48. The SMILES string of the molecule is CCc1cc(Br)ccc1Nc1ncnc(OC)c1N. The summed E-state index contributed by atoms with van der Waals surface area (Å²) in [6, 6.07) is 6.02. The predicted molar refractivity (Wildman–Crippen MR) is 79.8 cm³/mol. The molecular weight excluding hydrogens is 308 g/mol. The number of ether oxygens (including phenoxy) is 1. The number of nitrogen functional groups attached to an aromatic ring is 1. The van der Waals surface area contributed by atoms with E-state index < -0.39 is 0 Å². The average molecular weight is 323 g/mol. The van der Waals surface area contributed by atoms with E-state index in [1.807, 2.05) is 12.1 Å². The molecule has 0 radical (unpaired) electrons. The van der Waals surface area contributed by atoms with Crippen LogP contribution in [0.5, 0.6) is 5.88 Å². The van der Waals surface area contributed by atoms with E-state index in [0.717, 1.165) is 16.6 Å². The van der Waals surface area contributed by atoms with Crippen molar-refractivity contribution >= 4 is 33.1 Å². The minimum atomic E-state index is 0.368. The molecule has 1 heterocycles. The van der Waals surface area contributed by atoms with Gasteiger partial charge in [0.1, 0.15) is 12.0 Å². The highest BCUT2D eigenvalue weighted by Gasteiger charge is 2.10. The highest BCUT2D eigenvalue weighted by Crippen LogP contribution is 2.29. The number of nitrogens with two attached hydrogens (primary N) is 1. The minimum Gasteiger partial charge on any atom is -0.479 e. The molecule has 0 aliphatic carbocycles. The van der Waals surface area contributed by atoms with E-state index in [9.17, 15) is 0 Å². The third kappa shape index (κ3) is 2.96. The molecule has 3 N–H and O–H groups in total. The van der Waals surface area contributed by atoms with Gasteiger partial charge in [-0.2, -0.15) is 4.98 Å². The zero-order valence-corrected chi connectivity index (χ0v) is 12.4. The Balaban J connectivity index is 2.36. The van der Waals surface area contributed by atoms with Crippen LogP contribution in [0, 0.1) is 0 Å². The molecule has 0 fully saturated rings. The molecule has 2 rings (SSSR count). The Kier molecular flexibility index (Phi) is 4.21. The van der Waals surface area contributed by atoms with Crippen molar-refractivity contribution in [2.24, 2.45) is 0 Å². The molecule has 0 unspecified atom stereocenters. The smallest absolute Gasteiger partial charge is 0.242 e. The van der Waals surface area contributed by atoms with Crippen LogP contribution in [0.1, 0.15) is 12.5 Å². The molecule has 0 aliphatic rings. The fraction of sp³-hybridized carbons (Fsp3) is 0.231. The van der Waals surface area contributed by atoms with E-state index in [1.54, 1.807) is 0 Å². The van der Waals surface area contributed by atoms with Gasteiger partial charge in [0.05, 0.1) is 7.11 Å². The third-order valence-corrected chi connectivity index (χ3v) is 3.24. The zero-order valence-electron chi connectivity index (χ0n) is 10.8. The number of nitrogens with one attached hydrogen (secondary N) is 1. The van der Waals surface area contributed by atoms with Gasteiger partial charge in [0.15, 0.2) is 5.82 Å². The van der Waals surface area contributed by atoms with Crippen LogP contribution in [-0.4, -0.2) is 17.1 Å². The molecule has 19 heavy (non-hydrogen) atoms. The lowest BCUT2D eigenvalue weighted by Crippen LogP contribution is -2.04. The number of halogens is 1. The summed E-state index contributed by atoms with van der Waals surface area (Å²) in [6.45, 7) is 2.09. The lowest BCUT2D eigenvalue weighted by Gasteiger charge is -2.13. The quantitative estimate of drug-likeness (QED) is 0.904. The van der Waals surface area contributed by atoms with Gasteiger partial charge in [-0.3, -0.25) is 0 Å². The number of hydrogen-bond donors (Lipinski definition) is 2. The zero-order chi connectivity index (χ0) is 13.8. The Morgan fingerprint density at radius 3 is 2.84 bits per heavy atom. The molecule has 2 aromatic rings. The highest BCUT2D eigenvalue weighted by molar-refractivity contribution is 9.10. The van der Waals surface area contributed by atoms with Crippen LogP contribution in [-0.2, 0) is 6.42 Å². The molecular formula is C13H15BrN4O. The Morgan fingerprint density at radius 1 is 1.37 bits per heavy atom. The molecule has 6 heteroatoms. The van der Waals surface area contributed by atoms with Crippen LogP contribution in [0.4, 0.5) is 17.2 Å². The molecule has 1 aromatic heterocycles. The van der Waals surface area contributed by atoms with Crippen molar-refractivity contribution in [1.29, 1.82) is 0 Å². The maximum atomic E-state index is 5.94. The number of aryl methyl sites for hydroxylation is 1. The summed E-state index contributed by atoms with van der Waals surface area (Å²) < 4.78 is 6.12. The molecule has 100 valence electrons. The van der Waals surface area contributed by atoms with Crippen molar-refractivity contribution in [3.05, 3.63) is 34.6 Å². The largest absolute Gasteiger partial charge is 0.479 e. The first-order valence-electron chi connectivity index (χ1n) is 5.85. The van der Waals surface area contributed by atoms with Gasteiger partial charge in [-0.25, -0.2) is 4.98 Å². The first-order valence-corrected chi connectivity index (χ1v) is 6.65. The molecule has 0 amide bonds. The number of hydrogen-bond acceptors (Lipinski definition) is 5. The predicted octanol–water partition coefficient (Wildman–Crippen LogP) is 3.14. The summed E-state index contributed by atoms with van der Waals surface area (Å²) in [5.74, 6) is 0.913. The normalized spacial score (nSPS) is 10.3. The summed E-state index contributed by atoms with van der Waals surface area (Å²) in [4.78, 5) is 8.09. The minimum absolute atomic E-state index is 0.368. The first-order chi connectivity index (χ1) is 9.15. The Labute approximate surface area is 120 Å². The standard InChI is InChI=1S/C13H15BrN4O/c1-3-8-6-9(14)4-5-10(8)18-12-11(15)13(19-2)17-7-16-12/h4-7H,3,15H2,1-2H3,(H,16,17,18). The fourth-order valence-corrected chi connectivity index (χ4v) is 2.15. The number of methoxy groups -OCH3 is 1. The second-order valence-electron chi connectivity index (χ2n) is 3.93. The van der Waals surface area contributed by atoms with Gasteiger partial charge in [-0.05, 0) is 30.2 Å². The van der Waals surface area contributed by atoms with Crippen molar-refractivity contribution in [2.45, 2.75) is 13.3 Å². The lowest BCUT2D eigenvalue weighted by atomic mass is 10.1. The van der Waals surface area contributed by atoms with Crippen molar-refractivity contribution in [1.82, 2.24) is 9.97 Å². The summed E-state index contributed by atoms with van der Waals surface area (Å²) in [6.07, 6.45) is 2.33. The molecule has 5 nitrogen and oxygen atoms in total. The topological polar surface area (TPSA) is 73.1 Å². The molecule has 0 aliphatic heterocycles. The number of aromatic nitrogens is 2. The van der Waals surface area contributed by atoms with Gasteiger partial charge in [0.25, 0.3) is 0 Å². The average Bonchev–Trinajstić information content (AvgIpc) is 2.42. The number of nitrogens with zero attached hydrogens (tertiary/aromatic N) is 2. The maximum Gasteiger partial charge on any atom is 0.242 e. The maximum absolute atomic E-state index is 5.94. The van der Waals surface area contributed by atoms with Crippen LogP contribution in [0.15, 0.2) is 29.0 Å². The van der Waals surface area contributed by atoms with Crippen molar-refractivity contribution < 1.29 is 4.74 Å². The first kappa shape index (κ1) is 13.6. The molecule has 1 aromatic carbocycles. The van der Waals surface area contributed by atoms with Crippen LogP contribution in [0.25, 0.3) is 0 Å². The fourth-order valence-electron chi connectivity index (χ4n) is 1.75. The lowest BCUT2D eigenvalue weighted by molar-refractivity contribution is 0.399. The Bertz CT molecular complexity index is 589. The molecule has 0 saturated heterocycles. The van der Waals surface area contributed by atoms with Crippen LogP contribution in [0.3, 0.4) is 0 Å². The summed E-state index contributed by atoms with van der Waals surface area (Å²) in [5, 5.41) is 3.22. The van der Waals surface area contributed by atoms with Gasteiger partial charge in [-0.15, -0.1) is 0 Å². The third-order valence-electron chi connectivity index (χ3n) is 2.74. The molecule has 0 bridgehead atoms. The van der Waals surface area contributed by atoms with Gasteiger partial charge < -0.3 is 15.8 Å². The van der Waals surface area contributed by atoms with Gasteiger partial charge in [-0.1, -0.05) is 22.9 Å². The monoisotopic (exact) mass is 322 g/mol. The molecule has 0 atom stereocenters. The molecule has 0 spiro atoms. The van der Waals surface area contributed by atoms with E-state index in [1.165, 1.54) is 19.0 Å². The van der Waals surface area contributed by atoms with E-state index in [4.69, 9.17) is 10.5 Å². The van der Waals surface area contributed by atoms with Gasteiger partial charge in [0, 0.05) is 10.2 Å². The number of rotatable bonds is 4. The highest BCUT2D eigenvalue weighted by atomic mass is 79.9. The van der Waals surface area contributed by atoms with E-state index in [0.29, 0.717) is 17.4 Å². The van der Waals surface area contributed by atoms with Crippen LogP contribution < -0.4 is 15.8 Å². The molecule has 0 saturated carbocycles. The summed E-state index contributed by atoms with van der Waals surface area (Å²) in [7, 11) is 1.53. The van der Waals surface area contributed by atoms with Gasteiger partial charge >= 0.3 is 0 Å². The van der Waals surface area contributed by atoms with Crippen molar-refractivity contribution in [3.63, 3.8) is 0 Å². The van der Waals surface area contributed by atoms with Crippen LogP contribution in [0.2, 0.25) is 0 Å². The van der Waals surface area contributed by atoms with Crippen LogP contribution >= 0.6 is 15.9 Å². The van der Waals surface area contributed by atoms with E-state index in [2.05, 4.69) is 44.2 Å². The summed E-state index contributed by atoms with van der Waals surface area (Å²) >= 11 is 3.46. The number of benzene rings is 1. The Hall–Kier alpha value is -1.82. The van der Waals surface area contributed by atoms with E-state index >= 15 is 0 Å². The van der Waals surface area contributed by atoms with Crippen molar-refractivity contribution in [2.75, 3.05) is 18.2 Å². The second-order valence-corrected chi connectivity index (χ2v) is 4.84. The van der Waals surface area contributed by atoms with Gasteiger partial charge in [0.2, 0.25) is 5.88 Å². The number of anilines is 3. The van der Waals surface area contributed by atoms with Crippen molar-refractivity contribution in [3.8, 4) is 5.88 Å². The Morgan fingerprint density at radius 2 is 2.16 bits per heavy atom. The van der Waals surface area contributed by atoms with E-state index in [-0.39, 0.29) is 0 Å². The second kappa shape index (κ2) is 5.88.